The molecule has 2 aliphatic rings. The van der Waals surface area contributed by atoms with Gasteiger partial charge in [-0.2, -0.15) is 0 Å². The van der Waals surface area contributed by atoms with Crippen molar-refractivity contribution in [1.29, 1.82) is 0 Å². The van der Waals surface area contributed by atoms with Crippen LogP contribution >= 0.6 is 0 Å². The first-order valence-electron chi connectivity index (χ1n) is 10.7. The SMILES string of the molecule is O=C(COC(=O)c1c2c(nc3ccccc13)CCC2)N[C@H]1CCCc2ccccc21. The van der Waals surface area contributed by atoms with Crippen molar-refractivity contribution in [2.75, 3.05) is 6.61 Å². The van der Waals surface area contributed by atoms with E-state index in [4.69, 9.17) is 9.72 Å². The van der Waals surface area contributed by atoms with Crippen molar-refractivity contribution in [3.63, 3.8) is 0 Å². The molecule has 0 radical (unpaired) electrons. The maximum atomic E-state index is 13.0. The van der Waals surface area contributed by atoms with E-state index < -0.39 is 5.97 Å². The van der Waals surface area contributed by atoms with Crippen molar-refractivity contribution in [2.24, 2.45) is 0 Å². The molecular formula is C25H24N2O3. The minimum atomic E-state index is -0.439. The number of carbonyl (C=O) groups is 2. The van der Waals surface area contributed by atoms with Gasteiger partial charge in [0.2, 0.25) is 0 Å². The zero-order valence-electron chi connectivity index (χ0n) is 16.8. The van der Waals surface area contributed by atoms with Gasteiger partial charge in [0, 0.05) is 11.1 Å². The van der Waals surface area contributed by atoms with E-state index >= 15 is 0 Å². The van der Waals surface area contributed by atoms with Crippen molar-refractivity contribution >= 4 is 22.8 Å². The van der Waals surface area contributed by atoms with E-state index in [-0.39, 0.29) is 18.6 Å². The molecule has 0 bridgehead atoms. The number of fused-ring (bicyclic) bond motifs is 3. The number of hydrogen-bond acceptors (Lipinski definition) is 4. The summed E-state index contributed by atoms with van der Waals surface area (Å²) in [7, 11) is 0. The number of nitrogens with zero attached hydrogens (tertiary/aromatic N) is 1. The highest BCUT2D eigenvalue weighted by atomic mass is 16.5. The number of pyridine rings is 1. The van der Waals surface area contributed by atoms with Crippen LogP contribution in [0.3, 0.4) is 0 Å². The molecule has 152 valence electrons. The van der Waals surface area contributed by atoms with Gasteiger partial charge in [0.05, 0.1) is 17.1 Å². The standard InChI is InChI=1S/C25H24N2O3/c28-23(27-20-13-5-8-16-7-1-2-9-17(16)20)15-30-25(29)24-18-10-3-4-12-21(18)26-22-14-6-11-19(22)24/h1-4,7,9-10,12,20H,5-6,8,11,13-15H2,(H,27,28)/t20-/m0/s1. The number of carbonyl (C=O) groups excluding carboxylic acids is 2. The lowest BCUT2D eigenvalue weighted by Gasteiger charge is -2.26. The van der Waals surface area contributed by atoms with Crippen LogP contribution in [0.15, 0.2) is 48.5 Å². The summed E-state index contributed by atoms with van der Waals surface area (Å²) in [6, 6.07) is 15.8. The fourth-order valence-electron chi connectivity index (χ4n) is 4.79. The molecule has 1 atom stereocenters. The molecule has 0 spiro atoms. The number of amides is 1. The fourth-order valence-corrected chi connectivity index (χ4v) is 4.79. The van der Waals surface area contributed by atoms with Crippen LogP contribution in [-0.2, 0) is 28.8 Å². The molecule has 0 saturated heterocycles. The van der Waals surface area contributed by atoms with E-state index in [2.05, 4.69) is 17.4 Å². The van der Waals surface area contributed by atoms with Gasteiger partial charge in [-0.25, -0.2) is 4.79 Å². The minimum absolute atomic E-state index is 0.0212. The van der Waals surface area contributed by atoms with Crippen molar-refractivity contribution in [2.45, 2.75) is 44.6 Å². The predicted octanol–water partition coefficient (Wildman–Crippen LogP) is 4.07. The van der Waals surface area contributed by atoms with Gasteiger partial charge in [-0.05, 0) is 61.3 Å². The first kappa shape index (κ1) is 18.8. The highest BCUT2D eigenvalue weighted by Gasteiger charge is 2.26. The molecule has 0 aliphatic heterocycles. The van der Waals surface area contributed by atoms with Gasteiger partial charge in [-0.15, -0.1) is 0 Å². The Hall–Kier alpha value is -3.21. The maximum Gasteiger partial charge on any atom is 0.339 e. The molecule has 0 saturated carbocycles. The van der Waals surface area contributed by atoms with Gasteiger partial charge in [0.1, 0.15) is 0 Å². The molecular weight excluding hydrogens is 376 g/mol. The van der Waals surface area contributed by atoms with Crippen LogP contribution in [0.5, 0.6) is 0 Å². The topological polar surface area (TPSA) is 68.3 Å². The Kier molecular flexibility index (Phi) is 4.95. The Morgan fingerprint density at radius 2 is 1.83 bits per heavy atom. The van der Waals surface area contributed by atoms with Crippen molar-refractivity contribution < 1.29 is 14.3 Å². The van der Waals surface area contributed by atoms with Gasteiger partial charge in [-0.1, -0.05) is 42.5 Å². The lowest BCUT2D eigenvalue weighted by atomic mass is 9.88. The van der Waals surface area contributed by atoms with Crippen molar-refractivity contribution in [1.82, 2.24) is 10.3 Å². The van der Waals surface area contributed by atoms with E-state index in [0.29, 0.717) is 5.56 Å². The third kappa shape index (κ3) is 3.45. The quantitative estimate of drug-likeness (QED) is 0.670. The van der Waals surface area contributed by atoms with E-state index in [9.17, 15) is 9.59 Å². The third-order valence-corrected chi connectivity index (χ3v) is 6.16. The molecule has 2 aromatic carbocycles. The largest absolute Gasteiger partial charge is 0.452 e. The minimum Gasteiger partial charge on any atom is -0.452 e. The summed E-state index contributed by atoms with van der Waals surface area (Å²) in [4.78, 5) is 30.2. The van der Waals surface area contributed by atoms with E-state index in [1.54, 1.807) is 0 Å². The monoisotopic (exact) mass is 400 g/mol. The number of aromatic nitrogens is 1. The van der Waals surface area contributed by atoms with Crippen molar-refractivity contribution in [3.8, 4) is 0 Å². The molecule has 1 amide bonds. The number of para-hydroxylation sites is 1. The van der Waals surface area contributed by atoms with E-state index in [1.807, 2.05) is 36.4 Å². The maximum absolute atomic E-state index is 13.0. The van der Waals surface area contributed by atoms with Crippen LogP contribution in [-0.4, -0.2) is 23.5 Å². The van der Waals surface area contributed by atoms with Gasteiger partial charge in [0.15, 0.2) is 6.61 Å². The second-order valence-corrected chi connectivity index (χ2v) is 8.07. The number of esters is 1. The molecule has 0 unspecified atom stereocenters. The molecule has 5 rings (SSSR count). The Morgan fingerprint density at radius 1 is 1.00 bits per heavy atom. The first-order chi connectivity index (χ1) is 14.7. The molecule has 30 heavy (non-hydrogen) atoms. The van der Waals surface area contributed by atoms with Gasteiger partial charge < -0.3 is 10.1 Å². The summed E-state index contributed by atoms with van der Waals surface area (Å²) in [5, 5.41) is 3.84. The summed E-state index contributed by atoms with van der Waals surface area (Å²) in [6.45, 7) is -0.275. The number of nitrogens with one attached hydrogen (secondary N) is 1. The lowest BCUT2D eigenvalue weighted by Crippen LogP contribution is -2.34. The van der Waals surface area contributed by atoms with Crippen LogP contribution in [0, 0.1) is 0 Å². The summed E-state index contributed by atoms with van der Waals surface area (Å²) in [5.74, 6) is -0.703. The normalized spacial score (nSPS) is 17.3. The third-order valence-electron chi connectivity index (χ3n) is 6.16. The second kappa shape index (κ2) is 7.90. The number of benzene rings is 2. The first-order valence-corrected chi connectivity index (χ1v) is 10.7. The average Bonchev–Trinajstić information content (AvgIpc) is 3.24. The lowest BCUT2D eigenvalue weighted by molar-refractivity contribution is -0.125. The van der Waals surface area contributed by atoms with Crippen molar-refractivity contribution in [3.05, 3.63) is 76.5 Å². The van der Waals surface area contributed by atoms with Gasteiger partial charge in [-0.3, -0.25) is 9.78 Å². The molecule has 5 nitrogen and oxygen atoms in total. The van der Waals surface area contributed by atoms with E-state index in [1.165, 1.54) is 11.1 Å². The zero-order valence-corrected chi connectivity index (χ0v) is 16.8. The Bertz CT molecular complexity index is 1140. The number of ether oxygens (including phenoxy) is 1. The predicted molar refractivity (Wildman–Crippen MR) is 114 cm³/mol. The average molecular weight is 400 g/mol. The highest BCUT2D eigenvalue weighted by Crippen LogP contribution is 2.31. The van der Waals surface area contributed by atoms with Gasteiger partial charge >= 0.3 is 5.97 Å². The molecule has 2 aliphatic carbocycles. The second-order valence-electron chi connectivity index (χ2n) is 8.07. The number of aryl methyl sites for hydroxylation is 2. The Labute approximate surface area is 175 Å². The van der Waals surface area contributed by atoms with Crippen LogP contribution < -0.4 is 5.32 Å². The summed E-state index contributed by atoms with van der Waals surface area (Å²) in [5.41, 5.74) is 5.77. The molecule has 1 aromatic heterocycles. The van der Waals surface area contributed by atoms with Crippen LogP contribution in [0.25, 0.3) is 10.9 Å². The zero-order chi connectivity index (χ0) is 20.5. The Morgan fingerprint density at radius 3 is 2.77 bits per heavy atom. The fraction of sp³-hybridized carbons (Fsp3) is 0.320. The summed E-state index contributed by atoms with van der Waals surface area (Å²) >= 11 is 0. The highest BCUT2D eigenvalue weighted by molar-refractivity contribution is 6.05. The van der Waals surface area contributed by atoms with Crippen LogP contribution in [0.2, 0.25) is 0 Å². The number of hydrogen-bond donors (Lipinski definition) is 1. The smallest absolute Gasteiger partial charge is 0.339 e. The molecule has 1 N–H and O–H groups in total. The number of rotatable bonds is 4. The summed E-state index contributed by atoms with van der Waals surface area (Å²) in [6.07, 6.45) is 5.67. The van der Waals surface area contributed by atoms with Gasteiger partial charge in [0.25, 0.3) is 5.91 Å². The Balaban J connectivity index is 1.31. The summed E-state index contributed by atoms with van der Waals surface area (Å²) < 4.78 is 5.47. The molecule has 0 fully saturated rings. The van der Waals surface area contributed by atoms with Crippen LogP contribution in [0.4, 0.5) is 0 Å². The van der Waals surface area contributed by atoms with Crippen LogP contribution in [0.1, 0.15) is 58.0 Å². The van der Waals surface area contributed by atoms with E-state index in [0.717, 1.165) is 60.7 Å². The molecule has 1 heterocycles. The molecule has 5 heteroatoms. The molecule has 3 aromatic rings.